The lowest BCUT2D eigenvalue weighted by Crippen LogP contribution is -2.30. The van der Waals surface area contributed by atoms with Gasteiger partial charge in [-0.05, 0) is 32.7 Å². The van der Waals surface area contributed by atoms with Crippen LogP contribution in [0.5, 0.6) is 0 Å². The van der Waals surface area contributed by atoms with Crippen molar-refractivity contribution in [3.8, 4) is 0 Å². The Labute approximate surface area is 116 Å². The fourth-order valence-electron chi connectivity index (χ4n) is 2.32. The van der Waals surface area contributed by atoms with Gasteiger partial charge < -0.3 is 5.32 Å². The van der Waals surface area contributed by atoms with Crippen molar-refractivity contribution in [2.24, 2.45) is 5.92 Å². The maximum atomic E-state index is 6.43. The topological polar surface area (TPSA) is 29.9 Å². The molecular formula is C14H26ClN3. The largest absolute Gasteiger partial charge is 0.317 e. The minimum atomic E-state index is 0.467. The summed E-state index contributed by atoms with van der Waals surface area (Å²) in [5.41, 5.74) is 2.20. The van der Waals surface area contributed by atoms with Crippen LogP contribution in [0.4, 0.5) is 0 Å². The molecule has 0 saturated heterocycles. The highest BCUT2D eigenvalue weighted by molar-refractivity contribution is 6.31. The molecule has 0 radical (unpaired) electrons. The molecule has 1 aromatic heterocycles. The second-order valence-electron chi connectivity index (χ2n) is 5.20. The molecule has 1 unspecified atom stereocenters. The van der Waals surface area contributed by atoms with Crippen molar-refractivity contribution in [1.29, 1.82) is 0 Å². The number of aromatic nitrogens is 2. The van der Waals surface area contributed by atoms with Crippen molar-refractivity contribution in [2.75, 3.05) is 7.05 Å². The van der Waals surface area contributed by atoms with E-state index in [-0.39, 0.29) is 0 Å². The Morgan fingerprint density at radius 2 is 2.00 bits per heavy atom. The summed E-state index contributed by atoms with van der Waals surface area (Å²) in [6.07, 6.45) is 3.00. The molecule has 104 valence electrons. The molecule has 1 atom stereocenters. The molecule has 0 saturated carbocycles. The number of halogens is 1. The molecule has 3 nitrogen and oxygen atoms in total. The zero-order valence-corrected chi connectivity index (χ0v) is 13.0. The van der Waals surface area contributed by atoms with Gasteiger partial charge in [0.2, 0.25) is 0 Å². The van der Waals surface area contributed by atoms with Gasteiger partial charge >= 0.3 is 0 Å². The summed E-state index contributed by atoms with van der Waals surface area (Å²) in [4.78, 5) is 0. The van der Waals surface area contributed by atoms with Crippen LogP contribution in [0.2, 0.25) is 5.02 Å². The van der Waals surface area contributed by atoms with Gasteiger partial charge in [0, 0.05) is 19.0 Å². The van der Waals surface area contributed by atoms with E-state index in [4.69, 9.17) is 11.6 Å². The van der Waals surface area contributed by atoms with E-state index in [1.165, 1.54) is 5.69 Å². The highest BCUT2D eigenvalue weighted by Crippen LogP contribution is 2.24. The zero-order chi connectivity index (χ0) is 13.7. The highest BCUT2D eigenvalue weighted by atomic mass is 35.5. The summed E-state index contributed by atoms with van der Waals surface area (Å²) < 4.78 is 2.05. The molecule has 1 rings (SSSR count). The Hall–Kier alpha value is -0.540. The maximum absolute atomic E-state index is 6.43. The molecule has 1 heterocycles. The second kappa shape index (κ2) is 7.15. The first kappa shape index (κ1) is 15.5. The Balaban J connectivity index is 2.90. The van der Waals surface area contributed by atoms with Crippen LogP contribution in [0.1, 0.15) is 45.5 Å². The van der Waals surface area contributed by atoms with Crippen LogP contribution in [0.25, 0.3) is 0 Å². The number of rotatable bonds is 7. The third-order valence-electron chi connectivity index (χ3n) is 3.30. The van der Waals surface area contributed by atoms with Gasteiger partial charge in [0.1, 0.15) is 0 Å². The predicted molar refractivity (Wildman–Crippen MR) is 78.3 cm³/mol. The number of likely N-dealkylation sites (N-methyl/N-ethyl adjacent to an activating group) is 1. The molecule has 18 heavy (non-hydrogen) atoms. The van der Waals surface area contributed by atoms with Crippen molar-refractivity contribution in [1.82, 2.24) is 15.1 Å². The molecule has 0 spiro atoms. The number of hydrogen-bond donors (Lipinski definition) is 1. The SMILES string of the molecule is CCc1nn(CC)c(CC(CC(C)C)NC)c1Cl. The van der Waals surface area contributed by atoms with Crippen LogP contribution in [0, 0.1) is 5.92 Å². The Kier molecular flexibility index (Phi) is 6.16. The monoisotopic (exact) mass is 271 g/mol. The quantitative estimate of drug-likeness (QED) is 0.825. The van der Waals surface area contributed by atoms with Crippen LogP contribution in [-0.2, 0) is 19.4 Å². The number of hydrogen-bond acceptors (Lipinski definition) is 2. The minimum absolute atomic E-state index is 0.467. The molecule has 0 aliphatic rings. The maximum Gasteiger partial charge on any atom is 0.0850 e. The summed E-state index contributed by atoms with van der Waals surface area (Å²) >= 11 is 6.43. The molecule has 0 aromatic carbocycles. The fourth-order valence-corrected chi connectivity index (χ4v) is 2.66. The van der Waals surface area contributed by atoms with Crippen molar-refractivity contribution in [3.63, 3.8) is 0 Å². The van der Waals surface area contributed by atoms with Crippen molar-refractivity contribution in [3.05, 3.63) is 16.4 Å². The van der Waals surface area contributed by atoms with Crippen LogP contribution in [0.3, 0.4) is 0 Å². The lowest BCUT2D eigenvalue weighted by molar-refractivity contribution is 0.429. The fraction of sp³-hybridized carbons (Fsp3) is 0.786. The van der Waals surface area contributed by atoms with Gasteiger partial charge in [-0.1, -0.05) is 32.4 Å². The van der Waals surface area contributed by atoms with Gasteiger partial charge in [-0.15, -0.1) is 0 Å². The van der Waals surface area contributed by atoms with Gasteiger partial charge in [-0.25, -0.2) is 0 Å². The molecule has 4 heteroatoms. The molecule has 0 amide bonds. The van der Waals surface area contributed by atoms with E-state index in [2.05, 4.69) is 38.1 Å². The summed E-state index contributed by atoms with van der Waals surface area (Å²) in [6.45, 7) is 9.60. The van der Waals surface area contributed by atoms with Crippen LogP contribution in [0.15, 0.2) is 0 Å². The van der Waals surface area contributed by atoms with Gasteiger partial charge in [-0.2, -0.15) is 5.10 Å². The van der Waals surface area contributed by atoms with Crippen molar-refractivity contribution >= 4 is 11.6 Å². The Bertz CT molecular complexity index is 371. The van der Waals surface area contributed by atoms with E-state index < -0.39 is 0 Å². The van der Waals surface area contributed by atoms with Gasteiger partial charge in [-0.3, -0.25) is 4.68 Å². The molecule has 1 N–H and O–H groups in total. The standard InChI is InChI=1S/C14H26ClN3/c1-6-12-14(15)13(18(7-2)17-12)9-11(16-5)8-10(3)4/h10-11,16H,6-9H2,1-5H3. The van der Waals surface area contributed by atoms with Crippen LogP contribution >= 0.6 is 11.6 Å². The van der Waals surface area contributed by atoms with Crippen LogP contribution in [-0.4, -0.2) is 22.9 Å². The van der Waals surface area contributed by atoms with Crippen molar-refractivity contribution < 1.29 is 0 Å². The van der Waals surface area contributed by atoms with E-state index in [0.29, 0.717) is 12.0 Å². The van der Waals surface area contributed by atoms with Gasteiger partial charge in [0.25, 0.3) is 0 Å². The number of aryl methyl sites for hydroxylation is 2. The molecule has 1 aromatic rings. The third-order valence-corrected chi connectivity index (χ3v) is 3.73. The lowest BCUT2D eigenvalue weighted by atomic mass is 9.99. The summed E-state index contributed by atoms with van der Waals surface area (Å²) in [7, 11) is 2.02. The van der Waals surface area contributed by atoms with Crippen molar-refractivity contribution in [2.45, 2.75) is 59.5 Å². The normalized spacial score (nSPS) is 13.3. The van der Waals surface area contributed by atoms with Gasteiger partial charge in [0.15, 0.2) is 0 Å². The predicted octanol–water partition coefficient (Wildman–Crippen LogP) is 3.30. The summed E-state index contributed by atoms with van der Waals surface area (Å²) in [5, 5.41) is 8.82. The highest BCUT2D eigenvalue weighted by Gasteiger charge is 2.18. The van der Waals surface area contributed by atoms with E-state index in [0.717, 1.165) is 36.5 Å². The molecule has 0 aliphatic heterocycles. The Morgan fingerprint density at radius 1 is 1.33 bits per heavy atom. The summed E-state index contributed by atoms with van der Waals surface area (Å²) in [5.74, 6) is 0.685. The number of nitrogens with one attached hydrogen (secondary N) is 1. The Morgan fingerprint density at radius 3 is 2.44 bits per heavy atom. The molecule has 0 aliphatic carbocycles. The smallest absolute Gasteiger partial charge is 0.0850 e. The first-order valence-corrected chi connectivity index (χ1v) is 7.32. The zero-order valence-electron chi connectivity index (χ0n) is 12.3. The van der Waals surface area contributed by atoms with Gasteiger partial charge in [0.05, 0.1) is 16.4 Å². The molecular weight excluding hydrogens is 246 g/mol. The van der Waals surface area contributed by atoms with E-state index >= 15 is 0 Å². The minimum Gasteiger partial charge on any atom is -0.317 e. The second-order valence-corrected chi connectivity index (χ2v) is 5.57. The average Bonchev–Trinajstić information content (AvgIpc) is 2.64. The first-order valence-electron chi connectivity index (χ1n) is 6.94. The molecule has 0 fully saturated rings. The average molecular weight is 272 g/mol. The third kappa shape index (κ3) is 3.72. The van der Waals surface area contributed by atoms with E-state index in [9.17, 15) is 0 Å². The number of nitrogens with zero attached hydrogens (tertiary/aromatic N) is 2. The van der Waals surface area contributed by atoms with Crippen LogP contribution < -0.4 is 5.32 Å². The summed E-state index contributed by atoms with van der Waals surface area (Å²) in [6, 6.07) is 0.467. The van der Waals surface area contributed by atoms with E-state index in [1.807, 2.05) is 11.7 Å². The lowest BCUT2D eigenvalue weighted by Gasteiger charge is -2.19. The molecule has 0 bridgehead atoms. The first-order chi connectivity index (χ1) is 8.53. The van der Waals surface area contributed by atoms with E-state index in [1.54, 1.807) is 0 Å².